The Balaban J connectivity index is 1.18. The van der Waals surface area contributed by atoms with E-state index in [-0.39, 0.29) is 0 Å². The van der Waals surface area contributed by atoms with Gasteiger partial charge < -0.3 is 10.2 Å². The second-order valence-electron chi connectivity index (χ2n) is 11.4. The van der Waals surface area contributed by atoms with Gasteiger partial charge in [-0.1, -0.05) is 6.07 Å². The van der Waals surface area contributed by atoms with Gasteiger partial charge in [-0.15, -0.1) is 0 Å². The van der Waals surface area contributed by atoms with Gasteiger partial charge in [0.1, 0.15) is 5.82 Å². The van der Waals surface area contributed by atoms with E-state index < -0.39 is 9.73 Å². The van der Waals surface area contributed by atoms with E-state index in [2.05, 4.69) is 66.4 Å². The molecule has 0 spiro atoms. The molecule has 0 radical (unpaired) electrons. The molecule has 5 heterocycles. The number of hydrogen-bond acceptors (Lipinski definition) is 8. The summed E-state index contributed by atoms with van der Waals surface area (Å²) in [4.78, 5) is 19.4. The maximum absolute atomic E-state index is 12.3. The Morgan fingerprint density at radius 2 is 1.72 bits per heavy atom. The second-order valence-corrected chi connectivity index (χ2v) is 14.0. The number of hydrogen-bond donors (Lipinski definition) is 1. The molecule has 1 N–H and O–H groups in total. The summed E-state index contributed by atoms with van der Waals surface area (Å²) < 4.78 is 18.7. The van der Waals surface area contributed by atoms with E-state index in [9.17, 15) is 4.21 Å². The van der Waals surface area contributed by atoms with Crippen LogP contribution in [0.3, 0.4) is 0 Å². The summed E-state index contributed by atoms with van der Waals surface area (Å²) in [6.45, 7) is 2.19. The first kappa shape index (κ1) is 24.5. The molecule has 3 fully saturated rings. The highest BCUT2D eigenvalue weighted by atomic mass is 32.2. The molecule has 2 aliphatic heterocycles. The molecule has 1 aromatic carbocycles. The molecule has 0 unspecified atom stereocenters. The fraction of sp³-hybridized carbons (Fsp3) is 0.414. The van der Waals surface area contributed by atoms with Crippen molar-refractivity contribution < 1.29 is 4.21 Å². The van der Waals surface area contributed by atoms with Gasteiger partial charge in [0.05, 0.1) is 0 Å². The summed E-state index contributed by atoms with van der Waals surface area (Å²) in [5.41, 5.74) is 4.21. The number of anilines is 3. The summed E-state index contributed by atoms with van der Waals surface area (Å²) in [6, 6.07) is 17.7. The van der Waals surface area contributed by atoms with E-state index in [1.165, 1.54) is 24.2 Å². The average molecular weight is 543 g/mol. The molecule has 4 aromatic rings. The molecule has 3 aromatic heterocycles. The standard InChI is InChI=1S/C29H34N8OS/c1-35-23-13-14-24(35)18-36(17-23)22-11-9-21(10-12-22)31-29-30-16-20-15-25(19-7-8-19)37(28(20)33-29)27-6-4-5-26(32-27)34-39(2,3)38/h4-6,9-12,15-16,19,23-24H,7-8,13-14,17-18H2,1-3H3,(H,30,31,33)/t23-,24+. The maximum atomic E-state index is 12.3. The molecule has 1 saturated carbocycles. The lowest BCUT2D eigenvalue weighted by molar-refractivity contribution is 0.212. The van der Waals surface area contributed by atoms with Gasteiger partial charge in [0.25, 0.3) is 0 Å². The van der Waals surface area contributed by atoms with Crippen LogP contribution >= 0.6 is 0 Å². The molecule has 10 heteroatoms. The van der Waals surface area contributed by atoms with Gasteiger partial charge in [-0.05, 0) is 81.1 Å². The number of rotatable bonds is 6. The van der Waals surface area contributed by atoms with E-state index in [0.717, 1.165) is 48.5 Å². The van der Waals surface area contributed by atoms with Crippen molar-refractivity contribution in [1.82, 2.24) is 24.4 Å². The predicted octanol–water partition coefficient (Wildman–Crippen LogP) is 5.08. The molecule has 39 heavy (non-hydrogen) atoms. The summed E-state index contributed by atoms with van der Waals surface area (Å²) in [5.74, 6) is 2.22. The molecular weight excluding hydrogens is 508 g/mol. The highest BCUT2D eigenvalue weighted by molar-refractivity contribution is 7.92. The van der Waals surface area contributed by atoms with Gasteiger partial charge in [-0.2, -0.15) is 9.35 Å². The van der Waals surface area contributed by atoms with Gasteiger partial charge in [-0.25, -0.2) is 14.2 Å². The van der Waals surface area contributed by atoms with Crippen LogP contribution in [0.4, 0.5) is 23.1 Å². The molecule has 0 amide bonds. The van der Waals surface area contributed by atoms with Crippen molar-refractivity contribution in [3.05, 3.63) is 60.4 Å². The highest BCUT2D eigenvalue weighted by Crippen LogP contribution is 2.43. The number of nitrogens with one attached hydrogen (secondary N) is 1. The minimum Gasteiger partial charge on any atom is -0.368 e. The first-order valence-electron chi connectivity index (χ1n) is 13.7. The number of nitrogens with zero attached hydrogens (tertiary/aromatic N) is 7. The van der Waals surface area contributed by atoms with Crippen LogP contribution in [0.2, 0.25) is 0 Å². The zero-order valence-electron chi connectivity index (χ0n) is 22.6. The lowest BCUT2D eigenvalue weighted by Gasteiger charge is -2.40. The summed E-state index contributed by atoms with van der Waals surface area (Å²) in [7, 11) is -0.0458. The van der Waals surface area contributed by atoms with E-state index >= 15 is 0 Å². The topological polar surface area (TPSA) is 91.5 Å². The van der Waals surface area contributed by atoms with Crippen LogP contribution in [0, 0.1) is 0 Å². The van der Waals surface area contributed by atoms with Gasteiger partial charge in [0.2, 0.25) is 5.95 Å². The number of fused-ring (bicyclic) bond motifs is 3. The maximum Gasteiger partial charge on any atom is 0.229 e. The Kier molecular flexibility index (Phi) is 5.85. The molecule has 7 rings (SSSR count). The third-order valence-corrected chi connectivity index (χ3v) is 8.79. The number of likely N-dealkylation sites (N-methyl/N-ethyl adjacent to an activating group) is 1. The quantitative estimate of drug-likeness (QED) is 0.363. The van der Waals surface area contributed by atoms with Crippen LogP contribution in [0.15, 0.2) is 59.1 Å². The normalized spacial score (nSPS) is 21.5. The van der Waals surface area contributed by atoms with Crippen LogP contribution in [-0.2, 0) is 9.73 Å². The van der Waals surface area contributed by atoms with Crippen molar-refractivity contribution in [2.75, 3.05) is 42.9 Å². The SMILES string of the molecule is CN1[C@@H]2CC[C@H]1CN(c1ccc(Nc3ncc4cc(C5CC5)n(-c5cccc(N=S(C)(C)=O)n5)c4n3)cc1)C2. The third kappa shape index (κ3) is 4.87. The van der Waals surface area contributed by atoms with Crippen LogP contribution < -0.4 is 10.2 Å². The Morgan fingerprint density at radius 1 is 0.974 bits per heavy atom. The van der Waals surface area contributed by atoms with Crippen LogP contribution in [0.5, 0.6) is 0 Å². The van der Waals surface area contributed by atoms with Crippen molar-refractivity contribution >= 4 is 43.9 Å². The molecule has 202 valence electrons. The smallest absolute Gasteiger partial charge is 0.229 e. The van der Waals surface area contributed by atoms with Gasteiger partial charge in [0.15, 0.2) is 11.5 Å². The van der Waals surface area contributed by atoms with Crippen LogP contribution in [-0.4, -0.2) is 73.4 Å². The third-order valence-electron chi connectivity index (χ3n) is 8.16. The molecule has 9 nitrogen and oxygen atoms in total. The van der Waals surface area contributed by atoms with Gasteiger partial charge in [-0.3, -0.25) is 9.47 Å². The van der Waals surface area contributed by atoms with E-state index in [1.54, 1.807) is 18.6 Å². The molecule has 3 aliphatic rings. The fourth-order valence-electron chi connectivity index (χ4n) is 6.01. The average Bonchev–Trinajstić information content (AvgIpc) is 3.65. The number of pyridine rings is 1. The van der Waals surface area contributed by atoms with E-state index in [0.29, 0.717) is 29.8 Å². The first-order valence-corrected chi connectivity index (χ1v) is 16.0. The Hall–Kier alpha value is -3.50. The van der Waals surface area contributed by atoms with E-state index in [1.807, 2.05) is 18.3 Å². The molecule has 2 atom stereocenters. The molecular formula is C29H34N8OS. The van der Waals surface area contributed by atoms with Gasteiger partial charge in [0, 0.05) is 76.1 Å². The van der Waals surface area contributed by atoms with E-state index in [4.69, 9.17) is 9.97 Å². The lowest BCUT2D eigenvalue weighted by atomic mass is 10.1. The van der Waals surface area contributed by atoms with Crippen LogP contribution in [0.1, 0.15) is 37.3 Å². The monoisotopic (exact) mass is 542 g/mol. The predicted molar refractivity (Wildman–Crippen MR) is 157 cm³/mol. The molecule has 1 aliphatic carbocycles. The molecule has 2 saturated heterocycles. The number of aromatic nitrogens is 4. The second kappa shape index (κ2) is 9.31. The molecule has 2 bridgehead atoms. The minimum absolute atomic E-state index is 0.465. The summed E-state index contributed by atoms with van der Waals surface area (Å²) in [5, 5.41) is 4.37. The van der Waals surface area contributed by atoms with Crippen molar-refractivity contribution in [3.63, 3.8) is 0 Å². The Morgan fingerprint density at radius 3 is 2.41 bits per heavy atom. The van der Waals surface area contributed by atoms with Crippen molar-refractivity contribution in [2.45, 2.75) is 43.7 Å². The summed E-state index contributed by atoms with van der Waals surface area (Å²) >= 11 is 0. The lowest BCUT2D eigenvalue weighted by Crippen LogP contribution is -2.51. The number of benzene rings is 1. The van der Waals surface area contributed by atoms with Crippen molar-refractivity contribution in [1.29, 1.82) is 0 Å². The fourth-order valence-corrected chi connectivity index (χ4v) is 6.56. The van der Waals surface area contributed by atoms with Crippen LogP contribution in [0.25, 0.3) is 16.9 Å². The van der Waals surface area contributed by atoms with Gasteiger partial charge >= 0.3 is 0 Å². The first-order chi connectivity index (χ1) is 18.8. The van der Waals surface area contributed by atoms with Crippen molar-refractivity contribution in [2.24, 2.45) is 4.36 Å². The summed E-state index contributed by atoms with van der Waals surface area (Å²) in [6.07, 6.45) is 10.0. The van der Waals surface area contributed by atoms with Crippen molar-refractivity contribution in [3.8, 4) is 5.82 Å². The zero-order valence-corrected chi connectivity index (χ0v) is 23.4. The zero-order chi connectivity index (χ0) is 26.7. The highest BCUT2D eigenvalue weighted by Gasteiger charge is 2.37. The number of piperazine rings is 1. The Bertz CT molecular complexity index is 1650. The minimum atomic E-state index is -2.31. The Labute approximate surface area is 229 Å². The largest absolute Gasteiger partial charge is 0.368 e.